The zero-order chi connectivity index (χ0) is 13.7. The summed E-state index contributed by atoms with van der Waals surface area (Å²) in [6, 6.07) is 12.8. The molecule has 0 radical (unpaired) electrons. The van der Waals surface area contributed by atoms with Gasteiger partial charge in [-0.15, -0.1) is 11.8 Å². The first kappa shape index (κ1) is 13.3. The molecular formula is C15H12N2OS. The molecular weight excluding hydrogens is 256 g/mol. The fraction of sp³-hybridized carbons (Fsp3) is 0.133. The molecule has 2 aromatic rings. The molecule has 0 saturated carbocycles. The Morgan fingerprint density at radius 2 is 1.95 bits per heavy atom. The number of aromatic nitrogens is 1. The van der Waals surface area contributed by atoms with Crippen molar-refractivity contribution in [1.29, 1.82) is 5.26 Å². The standard InChI is InChI=1S/C15H12N2OS/c1-19-14-5-3-2-4-12(14)15(18)13(10-16)11-6-8-17-9-7-11/h2-9,13H,1H3. The molecule has 1 aromatic carbocycles. The molecule has 1 heterocycles. The lowest BCUT2D eigenvalue weighted by Crippen LogP contribution is -2.12. The number of carbonyl (C=O) groups is 1. The third-order valence-corrected chi connectivity index (χ3v) is 3.60. The summed E-state index contributed by atoms with van der Waals surface area (Å²) in [5, 5.41) is 9.28. The van der Waals surface area contributed by atoms with Gasteiger partial charge < -0.3 is 0 Å². The van der Waals surface area contributed by atoms with Crippen LogP contribution < -0.4 is 0 Å². The van der Waals surface area contributed by atoms with E-state index in [9.17, 15) is 10.1 Å². The summed E-state index contributed by atoms with van der Waals surface area (Å²) in [5.41, 5.74) is 1.27. The first-order valence-corrected chi connectivity index (χ1v) is 6.97. The second kappa shape index (κ2) is 6.17. The van der Waals surface area contributed by atoms with Crippen molar-refractivity contribution < 1.29 is 4.79 Å². The summed E-state index contributed by atoms with van der Waals surface area (Å²) in [6.45, 7) is 0. The van der Waals surface area contributed by atoms with Crippen molar-refractivity contribution in [3.05, 3.63) is 59.9 Å². The molecule has 0 bridgehead atoms. The van der Waals surface area contributed by atoms with E-state index in [1.807, 2.05) is 24.5 Å². The number of ketones is 1. The SMILES string of the molecule is CSc1ccccc1C(=O)C(C#N)c1ccncc1. The fourth-order valence-electron chi connectivity index (χ4n) is 1.84. The lowest BCUT2D eigenvalue weighted by atomic mass is 9.92. The van der Waals surface area contributed by atoms with Crippen molar-refractivity contribution in [2.45, 2.75) is 10.8 Å². The number of pyridine rings is 1. The zero-order valence-electron chi connectivity index (χ0n) is 10.4. The van der Waals surface area contributed by atoms with Gasteiger partial charge in [0, 0.05) is 22.9 Å². The third-order valence-electron chi connectivity index (χ3n) is 2.80. The van der Waals surface area contributed by atoms with Gasteiger partial charge in [0.25, 0.3) is 0 Å². The van der Waals surface area contributed by atoms with Crippen LogP contribution in [0.2, 0.25) is 0 Å². The van der Waals surface area contributed by atoms with Crippen LogP contribution in [0.3, 0.4) is 0 Å². The second-order valence-electron chi connectivity index (χ2n) is 3.91. The summed E-state index contributed by atoms with van der Waals surface area (Å²) in [6.07, 6.45) is 5.10. The van der Waals surface area contributed by atoms with E-state index >= 15 is 0 Å². The molecule has 1 unspecified atom stereocenters. The first-order chi connectivity index (χ1) is 9.27. The van der Waals surface area contributed by atoms with E-state index < -0.39 is 5.92 Å². The fourth-order valence-corrected chi connectivity index (χ4v) is 2.45. The summed E-state index contributed by atoms with van der Waals surface area (Å²) in [4.78, 5) is 17.3. The van der Waals surface area contributed by atoms with Gasteiger partial charge in [-0.3, -0.25) is 9.78 Å². The predicted octanol–water partition coefficient (Wildman–Crippen LogP) is 3.29. The van der Waals surface area contributed by atoms with Crippen LogP contribution in [0.1, 0.15) is 21.8 Å². The Labute approximate surface area is 116 Å². The molecule has 94 valence electrons. The van der Waals surface area contributed by atoms with Crippen LogP contribution in [0.15, 0.2) is 53.7 Å². The van der Waals surface area contributed by atoms with E-state index in [-0.39, 0.29) is 5.78 Å². The number of hydrogen-bond donors (Lipinski definition) is 0. The van der Waals surface area contributed by atoms with Gasteiger partial charge in [0.15, 0.2) is 5.78 Å². The van der Waals surface area contributed by atoms with Crippen LogP contribution in [0.25, 0.3) is 0 Å². The Balaban J connectivity index is 2.40. The van der Waals surface area contributed by atoms with E-state index in [2.05, 4.69) is 11.1 Å². The van der Waals surface area contributed by atoms with Gasteiger partial charge >= 0.3 is 0 Å². The Hall–Kier alpha value is -2.12. The highest BCUT2D eigenvalue weighted by atomic mass is 32.2. The lowest BCUT2D eigenvalue weighted by molar-refractivity contribution is 0.0976. The topological polar surface area (TPSA) is 53.8 Å². The second-order valence-corrected chi connectivity index (χ2v) is 4.76. The molecule has 2 rings (SSSR count). The molecule has 0 aliphatic rings. The number of thioether (sulfide) groups is 1. The van der Waals surface area contributed by atoms with E-state index in [1.54, 1.807) is 30.6 Å². The van der Waals surface area contributed by atoms with Gasteiger partial charge in [-0.2, -0.15) is 5.26 Å². The Morgan fingerprint density at radius 3 is 2.58 bits per heavy atom. The maximum absolute atomic E-state index is 12.5. The Morgan fingerprint density at radius 1 is 1.26 bits per heavy atom. The highest BCUT2D eigenvalue weighted by Crippen LogP contribution is 2.26. The van der Waals surface area contributed by atoms with Crippen LogP contribution >= 0.6 is 11.8 Å². The molecule has 0 amide bonds. The minimum atomic E-state index is -0.781. The van der Waals surface area contributed by atoms with Gasteiger partial charge in [0.1, 0.15) is 5.92 Å². The zero-order valence-corrected chi connectivity index (χ0v) is 11.2. The number of rotatable bonds is 4. The maximum Gasteiger partial charge on any atom is 0.185 e. The smallest absolute Gasteiger partial charge is 0.185 e. The van der Waals surface area contributed by atoms with Gasteiger partial charge in [-0.25, -0.2) is 0 Å². The summed E-state index contributed by atoms with van der Waals surface area (Å²) in [7, 11) is 0. The summed E-state index contributed by atoms with van der Waals surface area (Å²) in [5.74, 6) is -0.949. The molecule has 0 N–H and O–H groups in total. The third kappa shape index (κ3) is 2.83. The Bertz CT molecular complexity index is 620. The average Bonchev–Trinajstić information content (AvgIpc) is 2.49. The molecule has 3 nitrogen and oxygen atoms in total. The highest BCUT2D eigenvalue weighted by Gasteiger charge is 2.23. The highest BCUT2D eigenvalue weighted by molar-refractivity contribution is 7.98. The number of benzene rings is 1. The maximum atomic E-state index is 12.5. The van der Waals surface area contributed by atoms with E-state index in [1.165, 1.54) is 11.8 Å². The van der Waals surface area contributed by atoms with Crippen molar-refractivity contribution in [3.8, 4) is 6.07 Å². The number of hydrogen-bond acceptors (Lipinski definition) is 4. The summed E-state index contributed by atoms with van der Waals surface area (Å²) < 4.78 is 0. The molecule has 1 atom stereocenters. The number of nitrogens with zero attached hydrogens (tertiary/aromatic N) is 2. The molecule has 0 aliphatic heterocycles. The first-order valence-electron chi connectivity index (χ1n) is 5.74. The molecule has 0 aliphatic carbocycles. The van der Waals surface area contributed by atoms with E-state index in [4.69, 9.17) is 0 Å². The van der Waals surface area contributed by atoms with Crippen molar-refractivity contribution >= 4 is 17.5 Å². The number of Topliss-reactive ketones (excluding diaryl/α,β-unsaturated/α-hetero) is 1. The quantitative estimate of drug-likeness (QED) is 0.630. The minimum absolute atomic E-state index is 0.168. The molecule has 0 saturated heterocycles. The van der Waals surface area contributed by atoms with Crippen LogP contribution in [0.4, 0.5) is 0 Å². The normalized spacial score (nSPS) is 11.6. The van der Waals surface area contributed by atoms with Crippen LogP contribution in [0, 0.1) is 11.3 Å². The van der Waals surface area contributed by atoms with Gasteiger partial charge in [-0.05, 0) is 30.0 Å². The monoisotopic (exact) mass is 268 g/mol. The van der Waals surface area contributed by atoms with Crippen molar-refractivity contribution in [2.24, 2.45) is 0 Å². The van der Waals surface area contributed by atoms with E-state index in [0.717, 1.165) is 4.90 Å². The molecule has 0 fully saturated rings. The van der Waals surface area contributed by atoms with Crippen molar-refractivity contribution in [1.82, 2.24) is 4.98 Å². The predicted molar refractivity (Wildman–Crippen MR) is 75.1 cm³/mol. The van der Waals surface area contributed by atoms with Crippen LogP contribution in [-0.2, 0) is 0 Å². The van der Waals surface area contributed by atoms with Gasteiger partial charge in [0.2, 0.25) is 0 Å². The van der Waals surface area contributed by atoms with Crippen molar-refractivity contribution in [2.75, 3.05) is 6.26 Å². The summed E-state index contributed by atoms with van der Waals surface area (Å²) >= 11 is 1.50. The Kier molecular flexibility index (Phi) is 4.32. The number of nitriles is 1. The van der Waals surface area contributed by atoms with Gasteiger partial charge in [-0.1, -0.05) is 18.2 Å². The molecule has 4 heteroatoms. The minimum Gasteiger partial charge on any atom is -0.292 e. The van der Waals surface area contributed by atoms with Crippen LogP contribution in [-0.4, -0.2) is 17.0 Å². The molecule has 0 spiro atoms. The lowest BCUT2D eigenvalue weighted by Gasteiger charge is -2.11. The van der Waals surface area contributed by atoms with Gasteiger partial charge in [0.05, 0.1) is 6.07 Å². The van der Waals surface area contributed by atoms with E-state index in [0.29, 0.717) is 11.1 Å². The van der Waals surface area contributed by atoms with Crippen molar-refractivity contribution in [3.63, 3.8) is 0 Å². The average molecular weight is 268 g/mol. The largest absolute Gasteiger partial charge is 0.292 e. The molecule has 19 heavy (non-hydrogen) atoms. The molecule has 1 aromatic heterocycles. The number of carbonyl (C=O) groups excluding carboxylic acids is 1. The van der Waals surface area contributed by atoms with Crippen LogP contribution in [0.5, 0.6) is 0 Å².